The molecule has 0 aliphatic carbocycles. The van der Waals surface area contributed by atoms with E-state index in [1.54, 1.807) is 0 Å². The fourth-order valence-electron chi connectivity index (χ4n) is 0.632. The monoisotopic (exact) mass is 186 g/mol. The van der Waals surface area contributed by atoms with Gasteiger partial charge in [0.05, 0.1) is 0 Å². The van der Waals surface area contributed by atoms with E-state index in [2.05, 4.69) is 4.74 Å². The molecule has 0 saturated carbocycles. The molecule has 0 radical (unpaired) electrons. The van der Waals surface area contributed by atoms with Crippen molar-refractivity contribution in [1.82, 2.24) is 0 Å². The van der Waals surface area contributed by atoms with Crippen molar-refractivity contribution in [3.05, 3.63) is 17.0 Å². The lowest BCUT2D eigenvalue weighted by Gasteiger charge is -1.92. The van der Waals surface area contributed by atoms with Gasteiger partial charge >= 0.3 is 11.9 Å². The number of thiophene rings is 1. The SMILES string of the molecule is CC(=O)Oc1ccc(C(=O)O)s1. The average Bonchev–Trinajstić information content (AvgIpc) is 2.34. The van der Waals surface area contributed by atoms with E-state index in [4.69, 9.17) is 5.11 Å². The Morgan fingerprint density at radius 3 is 2.58 bits per heavy atom. The van der Waals surface area contributed by atoms with Gasteiger partial charge in [-0.3, -0.25) is 4.79 Å². The minimum atomic E-state index is -1.02. The summed E-state index contributed by atoms with van der Waals surface area (Å²) in [5.41, 5.74) is 0. The molecule has 1 rings (SSSR count). The van der Waals surface area contributed by atoms with Gasteiger partial charge in [0.25, 0.3) is 0 Å². The van der Waals surface area contributed by atoms with E-state index < -0.39 is 11.9 Å². The highest BCUT2D eigenvalue weighted by molar-refractivity contribution is 7.15. The maximum absolute atomic E-state index is 10.4. The Labute approximate surface area is 72.4 Å². The lowest BCUT2D eigenvalue weighted by Crippen LogP contribution is -1.99. The Bertz CT molecular complexity index is 315. The molecule has 0 atom stereocenters. The molecule has 1 N–H and O–H groups in total. The van der Waals surface area contributed by atoms with Crippen molar-refractivity contribution in [2.45, 2.75) is 6.92 Å². The lowest BCUT2D eigenvalue weighted by molar-refractivity contribution is -0.131. The number of aromatic carboxylic acids is 1. The van der Waals surface area contributed by atoms with Crippen LogP contribution in [0.2, 0.25) is 0 Å². The summed E-state index contributed by atoms with van der Waals surface area (Å²) in [6.45, 7) is 1.26. The number of carbonyl (C=O) groups excluding carboxylic acids is 1. The molecular weight excluding hydrogens is 180 g/mol. The fourth-order valence-corrected chi connectivity index (χ4v) is 1.37. The highest BCUT2D eigenvalue weighted by atomic mass is 32.1. The lowest BCUT2D eigenvalue weighted by atomic mass is 10.5. The minimum absolute atomic E-state index is 0.159. The third-order valence-electron chi connectivity index (χ3n) is 1.04. The first-order valence-electron chi connectivity index (χ1n) is 3.11. The number of hydrogen-bond donors (Lipinski definition) is 1. The smallest absolute Gasteiger partial charge is 0.345 e. The molecule has 64 valence electrons. The summed E-state index contributed by atoms with van der Waals surface area (Å²) >= 11 is 0.927. The second-order valence-electron chi connectivity index (χ2n) is 2.02. The third kappa shape index (κ3) is 2.06. The van der Waals surface area contributed by atoms with Gasteiger partial charge in [-0.25, -0.2) is 4.79 Å². The van der Waals surface area contributed by atoms with Crippen molar-refractivity contribution in [1.29, 1.82) is 0 Å². The Balaban J connectivity index is 2.77. The second kappa shape index (κ2) is 3.36. The first kappa shape index (κ1) is 8.73. The van der Waals surface area contributed by atoms with Gasteiger partial charge in [0.1, 0.15) is 4.88 Å². The summed E-state index contributed by atoms with van der Waals surface area (Å²) in [7, 11) is 0. The molecule has 1 heterocycles. The molecule has 4 nitrogen and oxygen atoms in total. The number of carbonyl (C=O) groups is 2. The highest BCUT2D eigenvalue weighted by Crippen LogP contribution is 2.24. The van der Waals surface area contributed by atoms with Gasteiger partial charge in [0.15, 0.2) is 5.06 Å². The molecule has 5 heteroatoms. The molecule has 0 aromatic carbocycles. The van der Waals surface area contributed by atoms with Gasteiger partial charge in [-0.05, 0) is 12.1 Å². The standard InChI is InChI=1S/C7H6O4S/c1-4(8)11-6-3-2-5(12-6)7(9)10/h2-3H,1H3,(H,9,10). The molecule has 0 fully saturated rings. The summed E-state index contributed by atoms with van der Waals surface area (Å²) < 4.78 is 4.66. The van der Waals surface area contributed by atoms with Crippen LogP contribution in [-0.2, 0) is 4.79 Å². The van der Waals surface area contributed by atoms with Crippen molar-refractivity contribution >= 4 is 23.3 Å². The van der Waals surface area contributed by atoms with Crippen LogP contribution < -0.4 is 4.74 Å². The topological polar surface area (TPSA) is 63.6 Å². The summed E-state index contributed by atoms with van der Waals surface area (Å²) in [6, 6.07) is 2.85. The minimum Gasteiger partial charge on any atom is -0.477 e. The van der Waals surface area contributed by atoms with E-state index in [0.29, 0.717) is 5.06 Å². The van der Waals surface area contributed by atoms with Gasteiger partial charge in [-0.1, -0.05) is 11.3 Å². The average molecular weight is 186 g/mol. The van der Waals surface area contributed by atoms with Crippen molar-refractivity contribution in [2.24, 2.45) is 0 Å². The molecule has 0 saturated heterocycles. The number of carboxylic acid groups (broad SMARTS) is 1. The number of rotatable bonds is 2. The zero-order valence-electron chi connectivity index (χ0n) is 6.23. The van der Waals surface area contributed by atoms with Crippen LogP contribution in [0, 0.1) is 0 Å². The number of hydrogen-bond acceptors (Lipinski definition) is 4. The van der Waals surface area contributed by atoms with Gasteiger partial charge in [-0.2, -0.15) is 0 Å². The first-order valence-corrected chi connectivity index (χ1v) is 3.93. The number of ether oxygens (including phenoxy) is 1. The molecular formula is C7H6O4S. The summed E-state index contributed by atoms with van der Waals surface area (Å²) in [4.78, 5) is 21.0. The van der Waals surface area contributed by atoms with Crippen LogP contribution in [0.15, 0.2) is 12.1 Å². The zero-order chi connectivity index (χ0) is 9.14. The van der Waals surface area contributed by atoms with E-state index in [9.17, 15) is 9.59 Å². The van der Waals surface area contributed by atoms with Crippen LogP contribution in [0.5, 0.6) is 5.06 Å². The Morgan fingerprint density at radius 2 is 2.17 bits per heavy atom. The van der Waals surface area contributed by atoms with Crippen LogP contribution in [0.3, 0.4) is 0 Å². The predicted octanol–water partition coefficient (Wildman–Crippen LogP) is 1.37. The summed E-state index contributed by atoms with van der Waals surface area (Å²) in [5.74, 6) is -1.47. The Hall–Kier alpha value is -1.36. The van der Waals surface area contributed by atoms with Crippen LogP contribution in [-0.4, -0.2) is 17.0 Å². The second-order valence-corrected chi connectivity index (χ2v) is 3.06. The van der Waals surface area contributed by atoms with E-state index >= 15 is 0 Å². The zero-order valence-corrected chi connectivity index (χ0v) is 7.05. The summed E-state index contributed by atoms with van der Waals surface area (Å²) in [6.07, 6.45) is 0. The molecule has 0 aliphatic rings. The van der Waals surface area contributed by atoms with Gasteiger partial charge in [0.2, 0.25) is 0 Å². The van der Waals surface area contributed by atoms with Crippen LogP contribution >= 0.6 is 11.3 Å². The summed E-state index contributed by atoms with van der Waals surface area (Å²) in [5, 5.41) is 8.81. The first-order chi connectivity index (χ1) is 5.59. The van der Waals surface area contributed by atoms with E-state index in [1.807, 2.05) is 0 Å². The van der Waals surface area contributed by atoms with Crippen LogP contribution in [0.25, 0.3) is 0 Å². The quantitative estimate of drug-likeness (QED) is 0.708. The predicted molar refractivity (Wildman–Crippen MR) is 42.6 cm³/mol. The Morgan fingerprint density at radius 1 is 1.50 bits per heavy atom. The van der Waals surface area contributed by atoms with Crippen molar-refractivity contribution in [3.8, 4) is 5.06 Å². The largest absolute Gasteiger partial charge is 0.477 e. The molecule has 12 heavy (non-hydrogen) atoms. The van der Waals surface area contributed by atoms with Gasteiger partial charge in [-0.15, -0.1) is 0 Å². The number of carboxylic acids is 1. The van der Waals surface area contributed by atoms with Crippen LogP contribution in [0.4, 0.5) is 0 Å². The van der Waals surface area contributed by atoms with Crippen LogP contribution in [0.1, 0.15) is 16.6 Å². The maximum Gasteiger partial charge on any atom is 0.345 e. The molecule has 0 bridgehead atoms. The molecule has 0 unspecified atom stereocenters. The Kier molecular flexibility index (Phi) is 2.44. The highest BCUT2D eigenvalue weighted by Gasteiger charge is 2.08. The number of esters is 1. The van der Waals surface area contributed by atoms with E-state index in [0.717, 1.165) is 11.3 Å². The molecule has 0 amide bonds. The van der Waals surface area contributed by atoms with E-state index in [1.165, 1.54) is 19.1 Å². The maximum atomic E-state index is 10.4. The molecule has 1 aromatic rings. The third-order valence-corrected chi connectivity index (χ3v) is 1.99. The molecule has 0 spiro atoms. The molecule has 0 aliphatic heterocycles. The van der Waals surface area contributed by atoms with Crippen molar-refractivity contribution in [3.63, 3.8) is 0 Å². The van der Waals surface area contributed by atoms with Crippen molar-refractivity contribution < 1.29 is 19.4 Å². The molecule has 1 aromatic heterocycles. The fraction of sp³-hybridized carbons (Fsp3) is 0.143. The van der Waals surface area contributed by atoms with Crippen molar-refractivity contribution in [2.75, 3.05) is 0 Å². The van der Waals surface area contributed by atoms with Gasteiger partial charge in [0, 0.05) is 6.92 Å². The van der Waals surface area contributed by atoms with Gasteiger partial charge < -0.3 is 9.84 Å². The van der Waals surface area contributed by atoms with E-state index in [-0.39, 0.29) is 4.88 Å². The normalized spacial score (nSPS) is 9.42.